The van der Waals surface area contributed by atoms with Crippen molar-refractivity contribution in [1.29, 1.82) is 0 Å². The van der Waals surface area contributed by atoms with Crippen molar-refractivity contribution in [3.8, 4) is 11.5 Å². The van der Waals surface area contributed by atoms with E-state index in [2.05, 4.69) is 5.32 Å². The largest absolute Gasteiger partial charge is 0.505 e. The van der Waals surface area contributed by atoms with Crippen LogP contribution in [0.25, 0.3) is 0 Å². The summed E-state index contributed by atoms with van der Waals surface area (Å²) in [7, 11) is 0. The Kier molecular flexibility index (Phi) is 4.60. The molecule has 0 spiro atoms. The summed E-state index contributed by atoms with van der Waals surface area (Å²) in [5.74, 6) is -1.72. The molecular formula is C15H13Cl2NO3. The van der Waals surface area contributed by atoms with Crippen LogP contribution in [0.15, 0.2) is 30.3 Å². The summed E-state index contributed by atoms with van der Waals surface area (Å²) in [6.45, 7) is 2.03. The number of anilines is 1. The maximum absolute atomic E-state index is 12.2. The van der Waals surface area contributed by atoms with Gasteiger partial charge in [-0.15, -0.1) is 0 Å². The van der Waals surface area contributed by atoms with Gasteiger partial charge in [-0.05, 0) is 30.2 Å². The third kappa shape index (κ3) is 3.23. The summed E-state index contributed by atoms with van der Waals surface area (Å²) >= 11 is 11.5. The first-order valence-electron chi connectivity index (χ1n) is 6.24. The number of aryl methyl sites for hydroxylation is 1. The van der Waals surface area contributed by atoms with E-state index in [1.165, 1.54) is 6.07 Å². The van der Waals surface area contributed by atoms with E-state index in [-0.39, 0.29) is 15.6 Å². The van der Waals surface area contributed by atoms with Crippen LogP contribution in [0.1, 0.15) is 22.8 Å². The number of nitrogens with one attached hydrogen (secondary N) is 1. The molecule has 0 fully saturated rings. The normalized spacial score (nSPS) is 10.4. The average molecular weight is 326 g/mol. The zero-order chi connectivity index (χ0) is 15.6. The minimum absolute atomic E-state index is 0.107. The summed E-state index contributed by atoms with van der Waals surface area (Å²) in [5, 5.41) is 22.0. The van der Waals surface area contributed by atoms with E-state index in [0.717, 1.165) is 12.0 Å². The third-order valence-corrected chi connectivity index (χ3v) is 3.60. The number of benzene rings is 2. The van der Waals surface area contributed by atoms with Gasteiger partial charge < -0.3 is 15.5 Å². The van der Waals surface area contributed by atoms with Gasteiger partial charge in [0.15, 0.2) is 11.5 Å². The van der Waals surface area contributed by atoms with Crippen molar-refractivity contribution in [2.45, 2.75) is 13.3 Å². The minimum Gasteiger partial charge on any atom is -0.505 e. The Morgan fingerprint density at radius 3 is 2.10 bits per heavy atom. The second kappa shape index (κ2) is 6.24. The fourth-order valence-corrected chi connectivity index (χ4v) is 2.29. The molecule has 0 aliphatic heterocycles. The molecule has 3 N–H and O–H groups in total. The number of carbonyl (C=O) groups is 1. The van der Waals surface area contributed by atoms with Crippen LogP contribution in [-0.4, -0.2) is 16.1 Å². The fraction of sp³-hybridized carbons (Fsp3) is 0.133. The van der Waals surface area contributed by atoms with Gasteiger partial charge in [-0.1, -0.05) is 42.3 Å². The first-order valence-corrected chi connectivity index (χ1v) is 6.99. The molecule has 1 amide bonds. The molecule has 21 heavy (non-hydrogen) atoms. The number of carbonyl (C=O) groups excluding carboxylic acids is 1. The molecule has 0 atom stereocenters. The lowest BCUT2D eigenvalue weighted by molar-refractivity contribution is 0.102. The van der Waals surface area contributed by atoms with Crippen molar-refractivity contribution in [3.05, 3.63) is 51.5 Å². The Hall–Kier alpha value is -1.91. The summed E-state index contributed by atoms with van der Waals surface area (Å²) < 4.78 is 0. The van der Waals surface area contributed by atoms with Crippen LogP contribution in [0, 0.1) is 0 Å². The molecule has 0 unspecified atom stereocenters. The van der Waals surface area contributed by atoms with Crippen LogP contribution in [0.5, 0.6) is 11.5 Å². The molecule has 0 radical (unpaired) electrons. The fourth-order valence-electron chi connectivity index (χ4n) is 1.83. The zero-order valence-electron chi connectivity index (χ0n) is 11.2. The topological polar surface area (TPSA) is 69.6 Å². The van der Waals surface area contributed by atoms with Crippen molar-refractivity contribution in [1.82, 2.24) is 0 Å². The molecule has 2 rings (SSSR count). The van der Waals surface area contributed by atoms with Crippen LogP contribution in [0.2, 0.25) is 10.0 Å². The van der Waals surface area contributed by atoms with Crippen LogP contribution < -0.4 is 5.32 Å². The number of halogens is 2. The Morgan fingerprint density at radius 1 is 1.10 bits per heavy atom. The van der Waals surface area contributed by atoms with Gasteiger partial charge in [0, 0.05) is 5.69 Å². The van der Waals surface area contributed by atoms with Crippen molar-refractivity contribution < 1.29 is 15.0 Å². The van der Waals surface area contributed by atoms with Crippen LogP contribution in [0.3, 0.4) is 0 Å². The van der Waals surface area contributed by atoms with Gasteiger partial charge >= 0.3 is 0 Å². The standard InChI is InChI=1S/C15H13Cl2NO3/c1-2-8-3-5-9(6-4-8)18-15(21)12-13(19)10(16)7-11(17)14(12)20/h3-7,19-20H,2H2,1H3,(H,18,21). The highest BCUT2D eigenvalue weighted by molar-refractivity contribution is 6.37. The first-order chi connectivity index (χ1) is 9.93. The van der Waals surface area contributed by atoms with Gasteiger partial charge in [-0.3, -0.25) is 4.79 Å². The van der Waals surface area contributed by atoms with Crippen LogP contribution in [0.4, 0.5) is 5.69 Å². The molecule has 2 aromatic rings. The molecule has 2 aromatic carbocycles. The predicted molar refractivity (Wildman–Crippen MR) is 83.6 cm³/mol. The molecule has 110 valence electrons. The predicted octanol–water partition coefficient (Wildman–Crippen LogP) is 4.22. The molecule has 0 aliphatic carbocycles. The number of phenols is 2. The van der Waals surface area contributed by atoms with Crippen LogP contribution >= 0.6 is 23.2 Å². The van der Waals surface area contributed by atoms with Crippen molar-refractivity contribution in [3.63, 3.8) is 0 Å². The summed E-state index contributed by atoms with van der Waals surface area (Å²) in [6.07, 6.45) is 0.889. The molecule has 0 bridgehead atoms. The molecule has 0 saturated carbocycles. The van der Waals surface area contributed by atoms with Crippen molar-refractivity contribution in [2.75, 3.05) is 5.32 Å². The van der Waals surface area contributed by atoms with E-state index < -0.39 is 17.4 Å². The highest BCUT2D eigenvalue weighted by atomic mass is 35.5. The second-order valence-corrected chi connectivity index (χ2v) is 5.23. The number of phenolic OH excluding ortho intramolecular Hbond substituents is 2. The number of rotatable bonds is 3. The third-order valence-electron chi connectivity index (χ3n) is 3.03. The SMILES string of the molecule is CCc1ccc(NC(=O)c2c(O)c(Cl)cc(Cl)c2O)cc1. The zero-order valence-corrected chi connectivity index (χ0v) is 12.7. The smallest absolute Gasteiger partial charge is 0.263 e. The van der Waals surface area contributed by atoms with Crippen LogP contribution in [-0.2, 0) is 6.42 Å². The number of aromatic hydroxyl groups is 2. The van der Waals surface area contributed by atoms with E-state index in [1.807, 2.05) is 19.1 Å². The molecule has 0 saturated heterocycles. The molecule has 4 nitrogen and oxygen atoms in total. The Labute approximate surface area is 131 Å². The van der Waals surface area contributed by atoms with E-state index in [0.29, 0.717) is 5.69 Å². The Morgan fingerprint density at radius 2 is 1.62 bits per heavy atom. The van der Waals surface area contributed by atoms with Gasteiger partial charge in [0.1, 0.15) is 5.56 Å². The Balaban J connectivity index is 2.32. The van der Waals surface area contributed by atoms with Crippen molar-refractivity contribution in [2.24, 2.45) is 0 Å². The van der Waals surface area contributed by atoms with Gasteiger partial charge in [0.2, 0.25) is 0 Å². The van der Waals surface area contributed by atoms with E-state index in [9.17, 15) is 15.0 Å². The minimum atomic E-state index is -0.696. The van der Waals surface area contributed by atoms with E-state index >= 15 is 0 Å². The average Bonchev–Trinajstić information content (AvgIpc) is 2.46. The lowest BCUT2D eigenvalue weighted by Gasteiger charge is -2.11. The quantitative estimate of drug-likeness (QED) is 0.791. The highest BCUT2D eigenvalue weighted by Crippen LogP contribution is 2.39. The lowest BCUT2D eigenvalue weighted by atomic mass is 10.1. The molecule has 0 heterocycles. The van der Waals surface area contributed by atoms with Gasteiger partial charge in [-0.2, -0.15) is 0 Å². The van der Waals surface area contributed by atoms with E-state index in [4.69, 9.17) is 23.2 Å². The monoisotopic (exact) mass is 325 g/mol. The number of hydrogen-bond acceptors (Lipinski definition) is 3. The maximum Gasteiger partial charge on any atom is 0.263 e. The van der Waals surface area contributed by atoms with Crippen molar-refractivity contribution >= 4 is 34.8 Å². The van der Waals surface area contributed by atoms with Gasteiger partial charge in [0.05, 0.1) is 10.0 Å². The maximum atomic E-state index is 12.2. The summed E-state index contributed by atoms with van der Waals surface area (Å²) in [4.78, 5) is 12.2. The second-order valence-electron chi connectivity index (χ2n) is 4.42. The molecular weight excluding hydrogens is 313 g/mol. The number of hydrogen-bond donors (Lipinski definition) is 3. The molecule has 6 heteroatoms. The lowest BCUT2D eigenvalue weighted by Crippen LogP contribution is -2.12. The van der Waals surface area contributed by atoms with Gasteiger partial charge in [-0.25, -0.2) is 0 Å². The summed E-state index contributed by atoms with van der Waals surface area (Å²) in [5.41, 5.74) is 1.31. The van der Waals surface area contributed by atoms with E-state index in [1.54, 1.807) is 12.1 Å². The molecule has 0 aliphatic rings. The van der Waals surface area contributed by atoms with Gasteiger partial charge in [0.25, 0.3) is 5.91 Å². The number of amides is 1. The Bertz CT molecular complexity index is 658. The molecule has 0 aromatic heterocycles. The first kappa shape index (κ1) is 15.5. The summed E-state index contributed by atoms with van der Waals surface area (Å²) in [6, 6.07) is 8.38. The highest BCUT2D eigenvalue weighted by Gasteiger charge is 2.22.